The molecular weight excluding hydrogens is 380 g/mol. The first-order valence-electron chi connectivity index (χ1n) is 8.85. The predicted octanol–water partition coefficient (Wildman–Crippen LogP) is 2.97. The summed E-state index contributed by atoms with van der Waals surface area (Å²) in [4.78, 5) is 30.1. The Hall–Kier alpha value is -3.04. The molecule has 1 aromatic heterocycles. The maximum atomic E-state index is 12.9. The largest absolute Gasteiger partial charge is 0.378 e. The Bertz CT molecular complexity index is 997. The molecule has 3 aromatic rings. The number of nitrogens with one attached hydrogen (secondary N) is 1. The van der Waals surface area contributed by atoms with Gasteiger partial charge in [-0.1, -0.05) is 12.1 Å². The monoisotopic (exact) mass is 398 g/mol. The number of anilines is 1. The van der Waals surface area contributed by atoms with Crippen LogP contribution in [0.4, 0.5) is 11.4 Å². The first-order valence-corrected chi connectivity index (χ1v) is 9.67. The lowest BCUT2D eigenvalue weighted by atomic mass is 10.1. The number of carbonyl (C=O) groups is 1. The number of nitro groups is 1. The van der Waals surface area contributed by atoms with Crippen LogP contribution in [0.15, 0.2) is 42.5 Å². The number of para-hydroxylation sites is 1. The van der Waals surface area contributed by atoms with Crippen LogP contribution in [0.3, 0.4) is 0 Å². The Balaban J connectivity index is 1.57. The van der Waals surface area contributed by atoms with Gasteiger partial charge >= 0.3 is 0 Å². The maximum absolute atomic E-state index is 12.9. The Kier molecular flexibility index (Phi) is 5.18. The number of hydrogen-bond donors (Lipinski definition) is 1. The lowest BCUT2D eigenvalue weighted by molar-refractivity contribution is -0.384. The zero-order valence-electron chi connectivity index (χ0n) is 15.0. The quantitative estimate of drug-likeness (QED) is 0.524. The highest BCUT2D eigenvalue weighted by Gasteiger charge is 2.22. The molecule has 1 saturated heterocycles. The molecule has 4 rings (SSSR count). The fraction of sp³-hybridized carbons (Fsp3) is 0.263. The van der Waals surface area contributed by atoms with Gasteiger partial charge in [-0.05, 0) is 18.2 Å². The predicted molar refractivity (Wildman–Crippen MR) is 107 cm³/mol. The standard InChI is InChI=1S/C19H18N4O4S/c24-19(20-12-18-21-15-3-1-2-4-17(15)28-18)14-11-13(23(25)26)5-6-16(14)22-7-9-27-10-8-22/h1-6,11H,7-10,12H2,(H,20,24). The van der Waals surface area contributed by atoms with Gasteiger partial charge in [0.1, 0.15) is 5.01 Å². The van der Waals surface area contributed by atoms with Crippen molar-refractivity contribution in [2.24, 2.45) is 0 Å². The maximum Gasteiger partial charge on any atom is 0.270 e. The molecule has 0 aliphatic carbocycles. The second-order valence-electron chi connectivity index (χ2n) is 6.32. The lowest BCUT2D eigenvalue weighted by Crippen LogP contribution is -2.38. The molecule has 0 atom stereocenters. The van der Waals surface area contributed by atoms with E-state index in [-0.39, 0.29) is 23.7 Å². The molecule has 0 unspecified atom stereocenters. The van der Waals surface area contributed by atoms with Gasteiger partial charge in [-0.2, -0.15) is 0 Å². The number of amides is 1. The average molecular weight is 398 g/mol. The van der Waals surface area contributed by atoms with Gasteiger partial charge in [0.25, 0.3) is 11.6 Å². The van der Waals surface area contributed by atoms with Gasteiger partial charge < -0.3 is 15.0 Å². The van der Waals surface area contributed by atoms with Crippen LogP contribution in [-0.2, 0) is 11.3 Å². The molecule has 1 amide bonds. The van der Waals surface area contributed by atoms with Crippen LogP contribution in [-0.4, -0.2) is 42.1 Å². The number of non-ortho nitro benzene ring substituents is 1. The molecule has 2 heterocycles. The van der Waals surface area contributed by atoms with E-state index in [0.29, 0.717) is 32.0 Å². The van der Waals surface area contributed by atoms with Crippen molar-refractivity contribution in [3.63, 3.8) is 0 Å². The normalized spacial score (nSPS) is 14.2. The molecule has 0 saturated carbocycles. The fourth-order valence-corrected chi connectivity index (χ4v) is 4.05. The summed E-state index contributed by atoms with van der Waals surface area (Å²) in [5.41, 5.74) is 1.75. The number of benzene rings is 2. The van der Waals surface area contributed by atoms with Gasteiger partial charge in [-0.3, -0.25) is 14.9 Å². The van der Waals surface area contributed by atoms with E-state index >= 15 is 0 Å². The number of hydrogen-bond acceptors (Lipinski definition) is 7. The number of aromatic nitrogens is 1. The molecule has 0 spiro atoms. The third kappa shape index (κ3) is 3.80. The number of thiazole rings is 1. The van der Waals surface area contributed by atoms with Gasteiger partial charge in [-0.25, -0.2) is 4.98 Å². The van der Waals surface area contributed by atoms with E-state index in [1.54, 1.807) is 6.07 Å². The number of nitrogens with zero attached hydrogens (tertiary/aromatic N) is 3. The second kappa shape index (κ2) is 7.91. The van der Waals surface area contributed by atoms with E-state index in [0.717, 1.165) is 15.2 Å². The zero-order chi connectivity index (χ0) is 19.5. The van der Waals surface area contributed by atoms with E-state index in [4.69, 9.17) is 4.74 Å². The van der Waals surface area contributed by atoms with Crippen LogP contribution in [0.25, 0.3) is 10.2 Å². The van der Waals surface area contributed by atoms with Crippen LogP contribution in [0, 0.1) is 10.1 Å². The van der Waals surface area contributed by atoms with Crippen molar-refractivity contribution in [3.05, 3.63) is 63.1 Å². The number of ether oxygens (including phenoxy) is 1. The van der Waals surface area contributed by atoms with Gasteiger partial charge in [0.05, 0.1) is 46.1 Å². The van der Waals surface area contributed by atoms with Crippen molar-refractivity contribution in [3.8, 4) is 0 Å². The topological polar surface area (TPSA) is 97.6 Å². The summed E-state index contributed by atoms with van der Waals surface area (Å²) in [6.45, 7) is 2.66. The number of morpholine rings is 1. The zero-order valence-corrected chi connectivity index (χ0v) is 15.8. The molecule has 0 bridgehead atoms. The molecule has 1 aliphatic heterocycles. The molecule has 144 valence electrons. The van der Waals surface area contributed by atoms with Crippen molar-refractivity contribution in [2.75, 3.05) is 31.2 Å². The first-order chi connectivity index (χ1) is 13.6. The van der Waals surface area contributed by atoms with E-state index in [9.17, 15) is 14.9 Å². The van der Waals surface area contributed by atoms with Crippen molar-refractivity contribution >= 4 is 38.8 Å². The summed E-state index contributed by atoms with van der Waals surface area (Å²) in [6.07, 6.45) is 0. The molecule has 1 fully saturated rings. The summed E-state index contributed by atoms with van der Waals surface area (Å²) in [5.74, 6) is -0.357. The summed E-state index contributed by atoms with van der Waals surface area (Å²) >= 11 is 1.51. The Morgan fingerprint density at radius 1 is 1.25 bits per heavy atom. The van der Waals surface area contributed by atoms with Crippen molar-refractivity contribution < 1.29 is 14.5 Å². The van der Waals surface area contributed by atoms with Crippen LogP contribution >= 0.6 is 11.3 Å². The van der Waals surface area contributed by atoms with Crippen LogP contribution in [0.2, 0.25) is 0 Å². The van der Waals surface area contributed by atoms with Crippen LogP contribution in [0.5, 0.6) is 0 Å². The summed E-state index contributed by atoms with van der Waals surface area (Å²) in [7, 11) is 0. The number of fused-ring (bicyclic) bond motifs is 1. The molecular formula is C19H18N4O4S. The van der Waals surface area contributed by atoms with Crippen molar-refractivity contribution in [2.45, 2.75) is 6.54 Å². The SMILES string of the molecule is O=C(NCc1nc2ccccc2s1)c1cc([N+](=O)[O-])ccc1N1CCOCC1. The summed E-state index contributed by atoms with van der Waals surface area (Å²) in [5, 5.41) is 14.8. The molecule has 1 aliphatic rings. The molecule has 28 heavy (non-hydrogen) atoms. The van der Waals surface area contributed by atoms with Crippen LogP contribution < -0.4 is 10.2 Å². The second-order valence-corrected chi connectivity index (χ2v) is 7.43. The Morgan fingerprint density at radius 3 is 2.79 bits per heavy atom. The molecule has 0 radical (unpaired) electrons. The lowest BCUT2D eigenvalue weighted by Gasteiger charge is -2.30. The highest BCUT2D eigenvalue weighted by atomic mass is 32.1. The number of carbonyl (C=O) groups excluding carboxylic acids is 1. The number of rotatable bonds is 5. The molecule has 8 nitrogen and oxygen atoms in total. The van der Waals surface area contributed by atoms with Gasteiger partial charge in [-0.15, -0.1) is 11.3 Å². The minimum absolute atomic E-state index is 0.109. The fourth-order valence-electron chi connectivity index (χ4n) is 3.15. The smallest absolute Gasteiger partial charge is 0.270 e. The highest BCUT2D eigenvalue weighted by Crippen LogP contribution is 2.27. The van der Waals surface area contributed by atoms with Gasteiger partial charge in [0.15, 0.2) is 0 Å². The minimum Gasteiger partial charge on any atom is -0.378 e. The summed E-state index contributed by atoms with van der Waals surface area (Å²) in [6, 6.07) is 12.2. The van der Waals surface area contributed by atoms with E-state index < -0.39 is 4.92 Å². The van der Waals surface area contributed by atoms with E-state index in [1.807, 2.05) is 29.2 Å². The van der Waals surface area contributed by atoms with Gasteiger partial charge in [0, 0.05) is 25.2 Å². The first kappa shape index (κ1) is 18.3. The Labute approximate surface area is 164 Å². The van der Waals surface area contributed by atoms with Crippen molar-refractivity contribution in [1.29, 1.82) is 0 Å². The molecule has 2 aromatic carbocycles. The highest BCUT2D eigenvalue weighted by molar-refractivity contribution is 7.18. The molecule has 1 N–H and O–H groups in total. The average Bonchev–Trinajstić information content (AvgIpc) is 3.15. The van der Waals surface area contributed by atoms with Gasteiger partial charge in [0.2, 0.25) is 0 Å². The minimum atomic E-state index is -0.493. The third-order valence-electron chi connectivity index (χ3n) is 4.53. The van der Waals surface area contributed by atoms with Crippen LogP contribution in [0.1, 0.15) is 15.4 Å². The molecule has 9 heteroatoms. The Morgan fingerprint density at radius 2 is 2.04 bits per heavy atom. The summed E-state index contributed by atoms with van der Waals surface area (Å²) < 4.78 is 6.41. The third-order valence-corrected chi connectivity index (χ3v) is 5.56. The number of nitro benzene ring substituents is 1. The van der Waals surface area contributed by atoms with Crippen molar-refractivity contribution in [1.82, 2.24) is 10.3 Å². The van der Waals surface area contributed by atoms with E-state index in [1.165, 1.54) is 23.5 Å². The van der Waals surface area contributed by atoms with E-state index in [2.05, 4.69) is 10.3 Å².